The first kappa shape index (κ1) is 16.6. The van der Waals surface area contributed by atoms with E-state index in [9.17, 15) is 4.79 Å². The van der Waals surface area contributed by atoms with Crippen molar-refractivity contribution in [2.45, 2.75) is 46.1 Å². The van der Waals surface area contributed by atoms with E-state index in [1.165, 1.54) is 22.3 Å². The van der Waals surface area contributed by atoms with E-state index in [0.29, 0.717) is 0 Å². The number of ether oxygens (including phenoxy) is 1. The number of hydrogen-bond donors (Lipinski definition) is 1. The summed E-state index contributed by atoms with van der Waals surface area (Å²) in [5, 5.41) is 0. The van der Waals surface area contributed by atoms with Gasteiger partial charge in [-0.3, -0.25) is 0 Å². The van der Waals surface area contributed by atoms with Gasteiger partial charge in [0.05, 0.1) is 0 Å². The van der Waals surface area contributed by atoms with Crippen molar-refractivity contribution >= 4 is 6.09 Å². The molecule has 3 heteroatoms. The van der Waals surface area contributed by atoms with Crippen molar-refractivity contribution in [3.8, 4) is 11.1 Å². The lowest BCUT2D eigenvalue weighted by Gasteiger charge is -2.39. The first-order valence-electron chi connectivity index (χ1n) is 8.59. The summed E-state index contributed by atoms with van der Waals surface area (Å²) in [6.45, 7) is 6.42. The summed E-state index contributed by atoms with van der Waals surface area (Å²) >= 11 is 0. The third-order valence-electron chi connectivity index (χ3n) is 5.08. The number of fused-ring (bicyclic) bond motifs is 1. The van der Waals surface area contributed by atoms with Gasteiger partial charge in [0.1, 0.15) is 6.10 Å². The molecule has 0 saturated heterocycles. The highest BCUT2D eigenvalue weighted by Crippen LogP contribution is 2.46. The van der Waals surface area contributed by atoms with Crippen molar-refractivity contribution in [1.29, 1.82) is 0 Å². The Morgan fingerprint density at radius 2 is 1.96 bits per heavy atom. The summed E-state index contributed by atoms with van der Waals surface area (Å²) in [5.74, 6) is 0. The lowest BCUT2D eigenvalue weighted by atomic mass is 9.71. The molecule has 1 aliphatic carbocycles. The molecule has 1 aliphatic rings. The van der Waals surface area contributed by atoms with Crippen LogP contribution in [0, 0.1) is 5.41 Å². The first-order valence-corrected chi connectivity index (χ1v) is 8.59. The summed E-state index contributed by atoms with van der Waals surface area (Å²) < 4.78 is 5.45. The topological polar surface area (TPSA) is 52.3 Å². The van der Waals surface area contributed by atoms with Gasteiger partial charge >= 0.3 is 6.09 Å². The zero-order valence-corrected chi connectivity index (χ0v) is 14.6. The number of nitrogens with two attached hydrogens (primary N) is 1. The van der Waals surface area contributed by atoms with Gasteiger partial charge in [0.2, 0.25) is 0 Å². The molecule has 0 unspecified atom stereocenters. The lowest BCUT2D eigenvalue weighted by molar-refractivity contribution is 0.0147. The van der Waals surface area contributed by atoms with Crippen molar-refractivity contribution in [1.82, 2.24) is 0 Å². The third kappa shape index (κ3) is 3.16. The maximum atomic E-state index is 11.3. The monoisotopic (exact) mass is 323 g/mol. The van der Waals surface area contributed by atoms with Crippen LogP contribution in [0.15, 0.2) is 42.5 Å². The fraction of sp³-hybridized carbons (Fsp3) is 0.381. The van der Waals surface area contributed by atoms with Gasteiger partial charge in [-0.05, 0) is 47.1 Å². The maximum Gasteiger partial charge on any atom is 0.405 e. The molecule has 126 valence electrons. The predicted octanol–water partition coefficient (Wildman–Crippen LogP) is 5.02. The number of carbonyl (C=O) groups is 1. The Morgan fingerprint density at radius 3 is 2.67 bits per heavy atom. The number of carbonyl (C=O) groups excluding carboxylic acids is 1. The molecule has 1 atom stereocenters. The molecule has 0 heterocycles. The second kappa shape index (κ2) is 6.31. The van der Waals surface area contributed by atoms with E-state index in [1.807, 2.05) is 0 Å². The highest BCUT2D eigenvalue weighted by Gasteiger charge is 2.38. The second-order valence-electron chi connectivity index (χ2n) is 7.27. The van der Waals surface area contributed by atoms with Crippen LogP contribution in [-0.2, 0) is 17.6 Å². The second-order valence-corrected chi connectivity index (χ2v) is 7.27. The van der Waals surface area contributed by atoms with Crippen molar-refractivity contribution in [3.05, 3.63) is 59.2 Å². The summed E-state index contributed by atoms with van der Waals surface area (Å²) in [5.41, 5.74) is 11.3. The molecule has 1 amide bonds. The molecule has 3 rings (SSSR count). The van der Waals surface area contributed by atoms with E-state index in [1.54, 1.807) is 0 Å². The lowest BCUT2D eigenvalue weighted by Crippen LogP contribution is -2.33. The van der Waals surface area contributed by atoms with E-state index >= 15 is 0 Å². The third-order valence-corrected chi connectivity index (χ3v) is 5.08. The van der Waals surface area contributed by atoms with Crippen LogP contribution in [0.3, 0.4) is 0 Å². The van der Waals surface area contributed by atoms with Gasteiger partial charge in [-0.2, -0.15) is 0 Å². The van der Waals surface area contributed by atoms with Crippen LogP contribution in [0.1, 0.15) is 50.0 Å². The van der Waals surface area contributed by atoms with Crippen LogP contribution in [0.5, 0.6) is 0 Å². The number of benzene rings is 2. The molecule has 0 bridgehead atoms. The van der Waals surface area contributed by atoms with Gasteiger partial charge in [0, 0.05) is 5.41 Å². The molecular formula is C21H25NO2. The minimum Gasteiger partial charge on any atom is -0.441 e. The molecule has 0 fully saturated rings. The Hall–Kier alpha value is -2.29. The van der Waals surface area contributed by atoms with Crippen molar-refractivity contribution in [3.63, 3.8) is 0 Å². The molecule has 24 heavy (non-hydrogen) atoms. The summed E-state index contributed by atoms with van der Waals surface area (Å²) in [6, 6.07) is 15.1. The fourth-order valence-corrected chi connectivity index (χ4v) is 3.58. The Balaban J connectivity index is 2.00. The SMILES string of the molecule is CCc1cccc(-c2ccc3c(c2)CCC(C)(C)[C@H]3OC(N)=O)c1. The average Bonchev–Trinajstić information content (AvgIpc) is 2.57. The summed E-state index contributed by atoms with van der Waals surface area (Å²) in [4.78, 5) is 11.3. The smallest absolute Gasteiger partial charge is 0.405 e. The van der Waals surface area contributed by atoms with E-state index in [2.05, 4.69) is 63.2 Å². The molecule has 3 nitrogen and oxygen atoms in total. The van der Waals surface area contributed by atoms with Gasteiger partial charge in [0.25, 0.3) is 0 Å². The van der Waals surface area contributed by atoms with Gasteiger partial charge in [-0.25, -0.2) is 4.79 Å². The van der Waals surface area contributed by atoms with Crippen LogP contribution in [0.4, 0.5) is 4.79 Å². The van der Waals surface area contributed by atoms with Gasteiger partial charge in [0.15, 0.2) is 0 Å². The molecule has 0 saturated carbocycles. The number of hydrogen-bond acceptors (Lipinski definition) is 2. The minimum atomic E-state index is -0.708. The highest BCUT2D eigenvalue weighted by atomic mass is 16.6. The molecular weight excluding hydrogens is 298 g/mol. The van der Waals surface area contributed by atoms with E-state index < -0.39 is 6.09 Å². The van der Waals surface area contributed by atoms with Crippen LogP contribution >= 0.6 is 0 Å². The van der Waals surface area contributed by atoms with Crippen molar-refractivity contribution in [2.75, 3.05) is 0 Å². The zero-order valence-electron chi connectivity index (χ0n) is 14.6. The Labute approximate surface area is 143 Å². The maximum absolute atomic E-state index is 11.3. The molecule has 2 aromatic carbocycles. The fourth-order valence-electron chi connectivity index (χ4n) is 3.58. The van der Waals surface area contributed by atoms with Crippen LogP contribution in [0.25, 0.3) is 11.1 Å². The molecule has 0 aliphatic heterocycles. The summed E-state index contributed by atoms with van der Waals surface area (Å²) in [7, 11) is 0. The normalized spacial score (nSPS) is 18.7. The largest absolute Gasteiger partial charge is 0.441 e. The number of aryl methyl sites for hydroxylation is 2. The van der Waals surface area contributed by atoms with Gasteiger partial charge in [-0.1, -0.05) is 63.2 Å². The van der Waals surface area contributed by atoms with E-state index in [4.69, 9.17) is 10.5 Å². The minimum absolute atomic E-state index is 0.105. The van der Waals surface area contributed by atoms with Crippen LogP contribution in [-0.4, -0.2) is 6.09 Å². The molecule has 0 spiro atoms. The Bertz CT molecular complexity index is 764. The molecule has 0 aromatic heterocycles. The zero-order chi connectivity index (χ0) is 17.3. The molecule has 0 radical (unpaired) electrons. The van der Waals surface area contributed by atoms with E-state index in [-0.39, 0.29) is 11.5 Å². The first-order chi connectivity index (χ1) is 11.4. The Kier molecular flexibility index (Phi) is 4.35. The standard InChI is InChI=1S/C21H25NO2/c1-4-14-6-5-7-15(12-14)16-8-9-18-17(13-16)10-11-21(2,3)19(18)24-20(22)23/h5-9,12-13,19H,4,10-11H2,1-3H3,(H2,22,23)/t19-/m0/s1. The highest BCUT2D eigenvalue weighted by molar-refractivity contribution is 5.67. The number of rotatable bonds is 3. The van der Waals surface area contributed by atoms with Gasteiger partial charge < -0.3 is 10.5 Å². The predicted molar refractivity (Wildman–Crippen MR) is 96.8 cm³/mol. The van der Waals surface area contributed by atoms with E-state index in [0.717, 1.165) is 24.8 Å². The van der Waals surface area contributed by atoms with Crippen molar-refractivity contribution in [2.24, 2.45) is 11.1 Å². The van der Waals surface area contributed by atoms with Crippen LogP contribution in [0.2, 0.25) is 0 Å². The Morgan fingerprint density at radius 1 is 1.21 bits per heavy atom. The summed E-state index contributed by atoms with van der Waals surface area (Å²) in [6.07, 6.45) is 2.00. The molecule has 2 aromatic rings. The average molecular weight is 323 g/mol. The quantitative estimate of drug-likeness (QED) is 0.861. The number of amides is 1. The molecule has 2 N–H and O–H groups in total. The van der Waals surface area contributed by atoms with Gasteiger partial charge in [-0.15, -0.1) is 0 Å². The van der Waals surface area contributed by atoms with Crippen LogP contribution < -0.4 is 5.73 Å². The van der Waals surface area contributed by atoms with Crippen molar-refractivity contribution < 1.29 is 9.53 Å². The number of primary amides is 1.